The summed E-state index contributed by atoms with van der Waals surface area (Å²) in [6.45, 7) is 0. The average molecular weight is 283 g/mol. The van der Waals surface area contributed by atoms with E-state index in [1.807, 2.05) is 42.8 Å². The van der Waals surface area contributed by atoms with E-state index in [1.165, 1.54) is 11.3 Å². The van der Waals surface area contributed by atoms with Crippen LogP contribution in [0.5, 0.6) is 0 Å². The molecular weight excluding hydrogens is 270 g/mol. The summed E-state index contributed by atoms with van der Waals surface area (Å²) in [5.41, 5.74) is 2.60. The second kappa shape index (κ2) is 5.38. The smallest absolute Gasteiger partial charge is 0.187 e. The molecule has 3 rings (SSSR count). The van der Waals surface area contributed by atoms with Gasteiger partial charge >= 0.3 is 0 Å². The highest BCUT2D eigenvalue weighted by atomic mass is 32.1. The van der Waals surface area contributed by atoms with Crippen molar-refractivity contribution in [2.45, 2.75) is 6.42 Å². The van der Waals surface area contributed by atoms with Crippen LogP contribution in [-0.2, 0) is 13.5 Å². The number of aromatic nitrogens is 3. The summed E-state index contributed by atoms with van der Waals surface area (Å²) < 4.78 is 1.73. The molecule has 0 radical (unpaired) electrons. The van der Waals surface area contributed by atoms with Crippen molar-refractivity contribution in [3.05, 3.63) is 58.9 Å². The second-order valence-corrected chi connectivity index (χ2v) is 5.42. The van der Waals surface area contributed by atoms with Crippen molar-refractivity contribution in [2.24, 2.45) is 7.05 Å². The quantitative estimate of drug-likeness (QED) is 0.692. The zero-order valence-corrected chi connectivity index (χ0v) is 11.8. The third-order valence-corrected chi connectivity index (χ3v) is 3.88. The molecule has 0 saturated carbocycles. The molecule has 1 aromatic carbocycles. The molecule has 0 aliphatic heterocycles. The number of carbonyl (C=O) groups is 1. The summed E-state index contributed by atoms with van der Waals surface area (Å²) in [7, 11) is 1.82. The van der Waals surface area contributed by atoms with Crippen LogP contribution in [0.3, 0.4) is 0 Å². The Hall–Kier alpha value is -2.27. The molecule has 0 fully saturated rings. The second-order valence-electron chi connectivity index (χ2n) is 4.48. The summed E-state index contributed by atoms with van der Waals surface area (Å²) in [6.07, 6.45) is 3.54. The Labute approximate surface area is 120 Å². The Morgan fingerprint density at radius 1 is 1.30 bits per heavy atom. The van der Waals surface area contributed by atoms with Crippen molar-refractivity contribution >= 4 is 17.1 Å². The average Bonchev–Trinajstić information content (AvgIpc) is 3.09. The lowest BCUT2D eigenvalue weighted by Crippen LogP contribution is -2.08. The van der Waals surface area contributed by atoms with Crippen LogP contribution in [0.1, 0.15) is 15.5 Å². The van der Waals surface area contributed by atoms with Gasteiger partial charge in [-0.15, -0.1) is 11.3 Å². The third-order valence-electron chi connectivity index (χ3n) is 3.04. The fraction of sp³-hybridized carbons (Fsp3) is 0.133. The maximum Gasteiger partial charge on any atom is 0.187 e. The number of imidazole rings is 1. The first kappa shape index (κ1) is 12.7. The van der Waals surface area contributed by atoms with Crippen molar-refractivity contribution < 1.29 is 4.79 Å². The number of Topliss-reactive ketones (excluding diaryl/α,β-unsaturated/α-hetero) is 1. The van der Waals surface area contributed by atoms with Gasteiger partial charge in [-0.3, -0.25) is 4.79 Å². The Balaban J connectivity index is 1.78. The first-order chi connectivity index (χ1) is 9.74. The monoisotopic (exact) mass is 283 g/mol. The van der Waals surface area contributed by atoms with Gasteiger partial charge in [-0.25, -0.2) is 9.97 Å². The Kier molecular flexibility index (Phi) is 3.43. The fourth-order valence-corrected chi connectivity index (χ4v) is 2.79. The number of hydrogen-bond donors (Lipinski definition) is 0. The molecule has 4 nitrogen and oxygen atoms in total. The van der Waals surface area contributed by atoms with Crippen molar-refractivity contribution in [3.8, 4) is 11.3 Å². The van der Waals surface area contributed by atoms with Crippen molar-refractivity contribution in [1.29, 1.82) is 0 Å². The van der Waals surface area contributed by atoms with E-state index in [2.05, 4.69) is 9.97 Å². The van der Waals surface area contributed by atoms with Gasteiger partial charge in [-0.1, -0.05) is 30.3 Å². The molecular formula is C15H13N3OS. The minimum Gasteiger partial charge on any atom is -0.331 e. The van der Waals surface area contributed by atoms with Crippen LogP contribution in [0.2, 0.25) is 0 Å². The molecule has 0 aliphatic carbocycles. The largest absolute Gasteiger partial charge is 0.331 e. The molecule has 0 amide bonds. The molecule has 0 spiro atoms. The molecule has 0 N–H and O–H groups in total. The first-order valence-corrected chi connectivity index (χ1v) is 7.11. The summed E-state index contributed by atoms with van der Waals surface area (Å²) >= 11 is 1.51. The molecule has 0 bridgehead atoms. The van der Waals surface area contributed by atoms with E-state index in [0.717, 1.165) is 16.3 Å². The van der Waals surface area contributed by atoms with E-state index < -0.39 is 0 Å². The van der Waals surface area contributed by atoms with E-state index in [0.29, 0.717) is 12.1 Å². The minimum atomic E-state index is 0.0407. The molecule has 0 saturated heterocycles. The predicted octanol–water partition coefficient (Wildman–Crippen LogP) is 2.97. The number of rotatable bonds is 4. The number of thiazole rings is 1. The van der Waals surface area contributed by atoms with Crippen LogP contribution in [0.4, 0.5) is 0 Å². The van der Waals surface area contributed by atoms with Gasteiger partial charge < -0.3 is 4.57 Å². The van der Waals surface area contributed by atoms with E-state index in [1.54, 1.807) is 17.1 Å². The van der Waals surface area contributed by atoms with Crippen molar-refractivity contribution in [2.75, 3.05) is 0 Å². The Morgan fingerprint density at radius 3 is 2.80 bits per heavy atom. The van der Waals surface area contributed by atoms with Gasteiger partial charge in [0.15, 0.2) is 5.78 Å². The van der Waals surface area contributed by atoms with Gasteiger partial charge in [0, 0.05) is 18.0 Å². The highest BCUT2D eigenvalue weighted by molar-refractivity contribution is 7.10. The molecule has 0 aliphatic rings. The molecule has 2 aromatic heterocycles. The highest BCUT2D eigenvalue weighted by Gasteiger charge is 2.13. The first-order valence-electron chi connectivity index (χ1n) is 6.23. The van der Waals surface area contributed by atoms with Gasteiger partial charge in [0.25, 0.3) is 0 Å². The number of aryl methyl sites for hydroxylation is 1. The predicted molar refractivity (Wildman–Crippen MR) is 78.8 cm³/mol. The number of hydrogen-bond acceptors (Lipinski definition) is 4. The van der Waals surface area contributed by atoms with E-state index in [9.17, 15) is 4.79 Å². The zero-order chi connectivity index (χ0) is 13.9. The van der Waals surface area contributed by atoms with Gasteiger partial charge in [0.2, 0.25) is 0 Å². The molecule has 0 atom stereocenters. The maximum absolute atomic E-state index is 12.1. The number of ketones is 1. The maximum atomic E-state index is 12.1. The summed E-state index contributed by atoms with van der Waals surface area (Å²) in [5, 5.41) is 2.82. The number of carbonyl (C=O) groups excluding carboxylic acids is 1. The lowest BCUT2D eigenvalue weighted by atomic mass is 10.2. The molecule has 20 heavy (non-hydrogen) atoms. The molecule has 5 heteroatoms. The van der Waals surface area contributed by atoms with Crippen LogP contribution in [0.15, 0.2) is 48.2 Å². The van der Waals surface area contributed by atoms with Crippen molar-refractivity contribution in [3.63, 3.8) is 0 Å². The zero-order valence-electron chi connectivity index (χ0n) is 11.0. The summed E-state index contributed by atoms with van der Waals surface area (Å²) in [4.78, 5) is 20.6. The van der Waals surface area contributed by atoms with Gasteiger partial charge in [-0.05, 0) is 0 Å². The highest BCUT2D eigenvalue weighted by Crippen LogP contribution is 2.22. The topological polar surface area (TPSA) is 47.8 Å². The van der Waals surface area contributed by atoms with Gasteiger partial charge in [0.1, 0.15) is 10.7 Å². The number of nitrogens with zero attached hydrogens (tertiary/aromatic N) is 3. The summed E-state index contributed by atoms with van der Waals surface area (Å²) in [6, 6.07) is 9.97. The molecule has 100 valence electrons. The van der Waals surface area contributed by atoms with E-state index in [-0.39, 0.29) is 5.78 Å². The van der Waals surface area contributed by atoms with Crippen LogP contribution in [0.25, 0.3) is 11.3 Å². The standard InChI is InChI=1S/C15H13N3OS/c1-18-10-16-8-13(18)14(19)7-15-17-12(9-20-15)11-5-3-2-4-6-11/h2-6,8-10H,7H2,1H3. The minimum absolute atomic E-state index is 0.0407. The van der Waals surface area contributed by atoms with E-state index in [4.69, 9.17) is 0 Å². The Bertz CT molecular complexity index is 730. The molecule has 0 unspecified atom stereocenters. The van der Waals surface area contributed by atoms with Gasteiger partial charge in [0.05, 0.1) is 24.6 Å². The lowest BCUT2D eigenvalue weighted by Gasteiger charge is -1.99. The van der Waals surface area contributed by atoms with Crippen molar-refractivity contribution in [1.82, 2.24) is 14.5 Å². The molecule has 2 heterocycles. The normalized spacial score (nSPS) is 10.7. The SMILES string of the molecule is Cn1cncc1C(=O)Cc1nc(-c2ccccc2)cs1. The lowest BCUT2D eigenvalue weighted by molar-refractivity contribution is 0.0985. The molecule has 3 aromatic rings. The Morgan fingerprint density at radius 2 is 2.10 bits per heavy atom. The van der Waals surface area contributed by atoms with Crippen LogP contribution < -0.4 is 0 Å². The van der Waals surface area contributed by atoms with Crippen LogP contribution >= 0.6 is 11.3 Å². The van der Waals surface area contributed by atoms with Gasteiger partial charge in [-0.2, -0.15) is 0 Å². The van der Waals surface area contributed by atoms with Crippen LogP contribution in [-0.4, -0.2) is 20.3 Å². The third kappa shape index (κ3) is 2.53. The van der Waals surface area contributed by atoms with E-state index >= 15 is 0 Å². The number of benzene rings is 1. The summed E-state index contributed by atoms with van der Waals surface area (Å²) in [5.74, 6) is 0.0407. The van der Waals surface area contributed by atoms with Crippen LogP contribution in [0, 0.1) is 0 Å². The fourth-order valence-electron chi connectivity index (χ4n) is 1.99.